The first-order valence-electron chi connectivity index (χ1n) is 2.74. The first-order chi connectivity index (χ1) is 4.45. The standard InChI is InChI=1S/C6H9F3S/c1-5(10-2)3-4-6(7,8)9/h1,3-4H2,2H3. The molecule has 0 fully saturated rings. The molecular weight excluding hydrogens is 161 g/mol. The molecule has 0 bridgehead atoms. The highest BCUT2D eigenvalue weighted by atomic mass is 32.2. The van der Waals surface area contributed by atoms with Gasteiger partial charge in [-0.05, 0) is 17.6 Å². The SMILES string of the molecule is C=C(CCC(F)(F)F)SC. The number of hydrogen-bond acceptors (Lipinski definition) is 1. The summed E-state index contributed by atoms with van der Waals surface area (Å²) in [5, 5.41) is 0. The number of allylic oxidation sites excluding steroid dienone is 1. The molecule has 0 saturated carbocycles. The van der Waals surface area contributed by atoms with Gasteiger partial charge in [0.25, 0.3) is 0 Å². The second-order valence-electron chi connectivity index (χ2n) is 1.86. The summed E-state index contributed by atoms with van der Waals surface area (Å²) in [5.74, 6) is 0. The van der Waals surface area contributed by atoms with Crippen molar-refractivity contribution in [3.63, 3.8) is 0 Å². The van der Waals surface area contributed by atoms with Crippen molar-refractivity contribution in [3.05, 3.63) is 11.5 Å². The molecule has 0 N–H and O–H groups in total. The van der Waals surface area contributed by atoms with E-state index in [2.05, 4.69) is 6.58 Å². The Morgan fingerprint density at radius 2 is 2.00 bits per heavy atom. The van der Waals surface area contributed by atoms with Gasteiger partial charge < -0.3 is 0 Å². The van der Waals surface area contributed by atoms with Crippen LogP contribution < -0.4 is 0 Å². The predicted molar refractivity (Wildman–Crippen MR) is 37.9 cm³/mol. The van der Waals surface area contributed by atoms with E-state index in [0.29, 0.717) is 4.91 Å². The third kappa shape index (κ3) is 6.01. The van der Waals surface area contributed by atoms with E-state index < -0.39 is 12.6 Å². The van der Waals surface area contributed by atoms with E-state index in [9.17, 15) is 13.2 Å². The average molecular weight is 170 g/mol. The monoisotopic (exact) mass is 170 g/mol. The molecule has 0 unspecified atom stereocenters. The van der Waals surface area contributed by atoms with Gasteiger partial charge in [-0.2, -0.15) is 13.2 Å². The summed E-state index contributed by atoms with van der Waals surface area (Å²) < 4.78 is 34.5. The average Bonchev–Trinajstić information content (AvgIpc) is 1.81. The zero-order chi connectivity index (χ0) is 8.20. The van der Waals surface area contributed by atoms with E-state index >= 15 is 0 Å². The van der Waals surface area contributed by atoms with Gasteiger partial charge in [-0.1, -0.05) is 6.58 Å². The van der Waals surface area contributed by atoms with Gasteiger partial charge in [-0.15, -0.1) is 11.8 Å². The Labute approximate surface area is 62.5 Å². The van der Waals surface area contributed by atoms with Gasteiger partial charge in [-0.3, -0.25) is 0 Å². The molecule has 0 aromatic rings. The molecule has 0 spiro atoms. The van der Waals surface area contributed by atoms with Crippen LogP contribution in [0.25, 0.3) is 0 Å². The van der Waals surface area contributed by atoms with Crippen molar-refractivity contribution in [2.75, 3.05) is 6.26 Å². The van der Waals surface area contributed by atoms with E-state index in [0.717, 1.165) is 0 Å². The molecule has 0 aliphatic carbocycles. The fraction of sp³-hybridized carbons (Fsp3) is 0.667. The Morgan fingerprint density at radius 1 is 1.50 bits per heavy atom. The van der Waals surface area contributed by atoms with Gasteiger partial charge in [0.2, 0.25) is 0 Å². The zero-order valence-corrected chi connectivity index (χ0v) is 6.48. The first-order valence-corrected chi connectivity index (χ1v) is 3.96. The second kappa shape index (κ2) is 3.91. The maximum atomic E-state index is 11.5. The summed E-state index contributed by atoms with van der Waals surface area (Å²) in [6.45, 7) is 3.44. The normalized spacial score (nSPS) is 11.6. The lowest BCUT2D eigenvalue weighted by Crippen LogP contribution is -2.06. The minimum atomic E-state index is -4.04. The van der Waals surface area contributed by atoms with Crippen LogP contribution in [0.4, 0.5) is 13.2 Å². The molecular formula is C6H9F3S. The van der Waals surface area contributed by atoms with Gasteiger partial charge in [0.15, 0.2) is 0 Å². The topological polar surface area (TPSA) is 0 Å². The van der Waals surface area contributed by atoms with Crippen LogP contribution in [-0.4, -0.2) is 12.4 Å². The lowest BCUT2D eigenvalue weighted by atomic mass is 10.3. The number of halogens is 3. The van der Waals surface area contributed by atoms with Crippen LogP contribution in [0.5, 0.6) is 0 Å². The van der Waals surface area contributed by atoms with E-state index in [1.54, 1.807) is 6.26 Å². The lowest BCUT2D eigenvalue weighted by molar-refractivity contribution is -0.133. The molecule has 4 heteroatoms. The molecule has 60 valence electrons. The van der Waals surface area contributed by atoms with Crippen molar-refractivity contribution in [3.8, 4) is 0 Å². The fourth-order valence-electron chi connectivity index (χ4n) is 0.383. The molecule has 0 rings (SSSR count). The molecule has 10 heavy (non-hydrogen) atoms. The summed E-state index contributed by atoms with van der Waals surface area (Å²) in [6, 6.07) is 0. The largest absolute Gasteiger partial charge is 0.389 e. The van der Waals surface area contributed by atoms with E-state index in [4.69, 9.17) is 0 Å². The Morgan fingerprint density at radius 3 is 2.30 bits per heavy atom. The molecule has 0 saturated heterocycles. The van der Waals surface area contributed by atoms with E-state index in [1.807, 2.05) is 0 Å². The van der Waals surface area contributed by atoms with Gasteiger partial charge in [0.1, 0.15) is 0 Å². The molecule has 0 atom stereocenters. The molecule has 0 nitrogen and oxygen atoms in total. The van der Waals surface area contributed by atoms with Crippen molar-refractivity contribution in [1.82, 2.24) is 0 Å². The van der Waals surface area contributed by atoms with Gasteiger partial charge in [-0.25, -0.2) is 0 Å². The number of alkyl halides is 3. The molecule has 0 aromatic heterocycles. The van der Waals surface area contributed by atoms with Crippen molar-refractivity contribution >= 4 is 11.8 Å². The second-order valence-corrected chi connectivity index (χ2v) is 2.84. The van der Waals surface area contributed by atoms with Crippen molar-refractivity contribution in [1.29, 1.82) is 0 Å². The molecule has 0 aliphatic rings. The Balaban J connectivity index is 3.46. The van der Waals surface area contributed by atoms with Gasteiger partial charge in [0.05, 0.1) is 0 Å². The Bertz CT molecular complexity index is 117. The Hall–Kier alpha value is -0.120. The highest BCUT2D eigenvalue weighted by Gasteiger charge is 2.26. The fourth-order valence-corrected chi connectivity index (χ4v) is 0.689. The Kier molecular flexibility index (Phi) is 3.86. The number of rotatable bonds is 3. The zero-order valence-electron chi connectivity index (χ0n) is 5.66. The predicted octanol–water partition coefficient (Wildman–Crippen LogP) is 3.21. The smallest absolute Gasteiger partial charge is 0.171 e. The minimum absolute atomic E-state index is 0.0324. The highest BCUT2D eigenvalue weighted by molar-refractivity contribution is 8.02. The first kappa shape index (κ1) is 9.88. The van der Waals surface area contributed by atoms with Crippen LogP contribution >= 0.6 is 11.8 Å². The van der Waals surface area contributed by atoms with Crippen LogP contribution in [0.2, 0.25) is 0 Å². The van der Waals surface area contributed by atoms with Crippen LogP contribution in [0.1, 0.15) is 12.8 Å². The molecule has 0 radical (unpaired) electrons. The van der Waals surface area contributed by atoms with Crippen molar-refractivity contribution < 1.29 is 13.2 Å². The summed E-state index contributed by atoms with van der Waals surface area (Å²) >= 11 is 1.27. The summed E-state index contributed by atoms with van der Waals surface area (Å²) in [6.07, 6.45) is -3.05. The maximum Gasteiger partial charge on any atom is 0.389 e. The lowest BCUT2D eigenvalue weighted by Gasteiger charge is -2.05. The van der Waals surface area contributed by atoms with Gasteiger partial charge in [0, 0.05) is 6.42 Å². The summed E-state index contributed by atoms with van der Waals surface area (Å²) in [5.41, 5.74) is 0. The van der Waals surface area contributed by atoms with Crippen LogP contribution in [-0.2, 0) is 0 Å². The molecule has 0 amide bonds. The summed E-state index contributed by atoms with van der Waals surface area (Å²) in [7, 11) is 0. The van der Waals surface area contributed by atoms with Crippen LogP contribution in [0, 0.1) is 0 Å². The van der Waals surface area contributed by atoms with Crippen molar-refractivity contribution in [2.24, 2.45) is 0 Å². The molecule has 0 aromatic carbocycles. The highest BCUT2D eigenvalue weighted by Crippen LogP contribution is 2.26. The van der Waals surface area contributed by atoms with E-state index in [-0.39, 0.29) is 6.42 Å². The molecule has 0 aliphatic heterocycles. The maximum absolute atomic E-state index is 11.5. The van der Waals surface area contributed by atoms with Crippen molar-refractivity contribution in [2.45, 2.75) is 19.0 Å². The summed E-state index contributed by atoms with van der Waals surface area (Å²) in [4.78, 5) is 0.581. The molecule has 0 heterocycles. The van der Waals surface area contributed by atoms with Crippen LogP contribution in [0.3, 0.4) is 0 Å². The van der Waals surface area contributed by atoms with Gasteiger partial charge >= 0.3 is 6.18 Å². The van der Waals surface area contributed by atoms with Crippen LogP contribution in [0.15, 0.2) is 11.5 Å². The minimum Gasteiger partial charge on any atom is -0.171 e. The number of thioether (sulfide) groups is 1. The third-order valence-corrected chi connectivity index (χ3v) is 1.76. The van der Waals surface area contributed by atoms with E-state index in [1.165, 1.54) is 11.8 Å². The third-order valence-electron chi connectivity index (χ3n) is 0.976. The quantitative estimate of drug-likeness (QED) is 0.626. The number of hydrogen-bond donors (Lipinski definition) is 0.